The van der Waals surface area contributed by atoms with Crippen molar-refractivity contribution in [1.29, 1.82) is 0 Å². The average Bonchev–Trinajstić information content (AvgIpc) is 2.41. The van der Waals surface area contributed by atoms with E-state index in [1.807, 2.05) is 0 Å². The van der Waals surface area contributed by atoms with Crippen LogP contribution < -0.4 is 5.32 Å². The number of carbonyl (C=O) groups is 2. The SMILES string of the molecule is CCN(CC(=O)Nc1ccc(Cl)cc1F)CC(=O)OC. The van der Waals surface area contributed by atoms with E-state index >= 15 is 0 Å². The monoisotopic (exact) mass is 302 g/mol. The van der Waals surface area contributed by atoms with Crippen molar-refractivity contribution in [2.75, 3.05) is 32.1 Å². The predicted octanol–water partition coefficient (Wildman–Crippen LogP) is 1.91. The van der Waals surface area contributed by atoms with E-state index < -0.39 is 17.7 Å². The molecule has 0 spiro atoms. The van der Waals surface area contributed by atoms with Crippen molar-refractivity contribution >= 4 is 29.2 Å². The number of nitrogens with zero attached hydrogens (tertiary/aromatic N) is 1. The zero-order chi connectivity index (χ0) is 15.1. The van der Waals surface area contributed by atoms with E-state index in [-0.39, 0.29) is 23.8 Å². The molecule has 0 aromatic heterocycles. The van der Waals surface area contributed by atoms with Gasteiger partial charge in [0.2, 0.25) is 5.91 Å². The van der Waals surface area contributed by atoms with E-state index in [9.17, 15) is 14.0 Å². The number of nitrogens with one attached hydrogen (secondary N) is 1. The molecule has 110 valence electrons. The van der Waals surface area contributed by atoms with E-state index in [2.05, 4.69) is 10.1 Å². The number of anilines is 1. The first kappa shape index (κ1) is 16.4. The highest BCUT2D eigenvalue weighted by Crippen LogP contribution is 2.18. The minimum Gasteiger partial charge on any atom is -0.468 e. The van der Waals surface area contributed by atoms with Crippen molar-refractivity contribution in [3.8, 4) is 0 Å². The second-order valence-electron chi connectivity index (χ2n) is 4.05. The summed E-state index contributed by atoms with van der Waals surface area (Å²) in [6.45, 7) is 2.27. The Morgan fingerprint density at radius 1 is 1.40 bits per heavy atom. The van der Waals surface area contributed by atoms with Crippen LogP contribution in [0.15, 0.2) is 18.2 Å². The molecule has 0 saturated heterocycles. The van der Waals surface area contributed by atoms with Crippen LogP contribution >= 0.6 is 11.6 Å². The Bertz CT molecular complexity index is 497. The second-order valence-corrected chi connectivity index (χ2v) is 4.49. The number of halogens is 2. The van der Waals surface area contributed by atoms with Crippen LogP contribution in [0.4, 0.5) is 10.1 Å². The first-order chi connectivity index (χ1) is 9.46. The van der Waals surface area contributed by atoms with Crippen LogP contribution in [0.25, 0.3) is 0 Å². The molecule has 5 nitrogen and oxygen atoms in total. The maximum Gasteiger partial charge on any atom is 0.319 e. The van der Waals surface area contributed by atoms with Crippen molar-refractivity contribution < 1.29 is 18.7 Å². The topological polar surface area (TPSA) is 58.6 Å². The third-order valence-corrected chi connectivity index (χ3v) is 2.84. The van der Waals surface area contributed by atoms with Crippen LogP contribution in [0.2, 0.25) is 5.02 Å². The van der Waals surface area contributed by atoms with Gasteiger partial charge < -0.3 is 10.1 Å². The molecule has 0 bridgehead atoms. The van der Waals surface area contributed by atoms with Gasteiger partial charge in [0.1, 0.15) is 5.82 Å². The van der Waals surface area contributed by atoms with E-state index in [1.165, 1.54) is 19.2 Å². The number of methoxy groups -OCH3 is 1. The zero-order valence-electron chi connectivity index (χ0n) is 11.3. The summed E-state index contributed by atoms with van der Waals surface area (Å²) < 4.78 is 18.0. The van der Waals surface area contributed by atoms with E-state index in [4.69, 9.17) is 11.6 Å². The van der Waals surface area contributed by atoms with Gasteiger partial charge in [0.15, 0.2) is 0 Å². The van der Waals surface area contributed by atoms with Gasteiger partial charge in [0, 0.05) is 5.02 Å². The van der Waals surface area contributed by atoms with Gasteiger partial charge >= 0.3 is 5.97 Å². The highest BCUT2D eigenvalue weighted by molar-refractivity contribution is 6.30. The van der Waals surface area contributed by atoms with Crippen LogP contribution in [0, 0.1) is 5.82 Å². The number of amides is 1. The van der Waals surface area contributed by atoms with Gasteiger partial charge in [-0.25, -0.2) is 4.39 Å². The maximum atomic E-state index is 13.5. The Balaban J connectivity index is 2.59. The van der Waals surface area contributed by atoms with Gasteiger partial charge in [-0.2, -0.15) is 0 Å². The molecule has 0 aliphatic heterocycles. The normalized spacial score (nSPS) is 10.4. The van der Waals surface area contributed by atoms with E-state index in [0.29, 0.717) is 6.54 Å². The lowest BCUT2D eigenvalue weighted by molar-refractivity contribution is -0.142. The van der Waals surface area contributed by atoms with Crippen LogP contribution in [0.1, 0.15) is 6.92 Å². The number of hydrogen-bond donors (Lipinski definition) is 1. The maximum absolute atomic E-state index is 13.5. The molecule has 0 heterocycles. The van der Waals surface area contributed by atoms with Gasteiger partial charge in [0.25, 0.3) is 0 Å². The lowest BCUT2D eigenvalue weighted by atomic mass is 10.3. The molecule has 1 amide bonds. The summed E-state index contributed by atoms with van der Waals surface area (Å²) in [5.74, 6) is -1.46. The summed E-state index contributed by atoms with van der Waals surface area (Å²) >= 11 is 5.62. The van der Waals surface area contributed by atoms with E-state index in [0.717, 1.165) is 6.07 Å². The van der Waals surface area contributed by atoms with Crippen molar-refractivity contribution in [2.24, 2.45) is 0 Å². The van der Waals surface area contributed by atoms with Gasteiger partial charge in [0.05, 0.1) is 25.9 Å². The van der Waals surface area contributed by atoms with Crippen LogP contribution in [0.3, 0.4) is 0 Å². The Hall–Kier alpha value is -1.66. The molecular weight excluding hydrogens is 287 g/mol. The number of hydrogen-bond acceptors (Lipinski definition) is 4. The molecule has 1 aromatic rings. The summed E-state index contributed by atoms with van der Waals surface area (Å²) in [6.07, 6.45) is 0. The van der Waals surface area contributed by atoms with Gasteiger partial charge in [-0.3, -0.25) is 14.5 Å². The van der Waals surface area contributed by atoms with Crippen molar-refractivity contribution in [3.63, 3.8) is 0 Å². The molecular formula is C13H16ClFN2O3. The second kappa shape index (κ2) is 7.81. The number of esters is 1. The molecule has 0 aliphatic rings. The quantitative estimate of drug-likeness (QED) is 0.816. The molecule has 0 fully saturated rings. The summed E-state index contributed by atoms with van der Waals surface area (Å²) in [4.78, 5) is 24.5. The fraction of sp³-hybridized carbons (Fsp3) is 0.385. The van der Waals surface area contributed by atoms with Crippen LogP contribution in [0.5, 0.6) is 0 Å². The molecule has 0 unspecified atom stereocenters. The van der Waals surface area contributed by atoms with Gasteiger partial charge in [-0.1, -0.05) is 18.5 Å². The van der Waals surface area contributed by atoms with Gasteiger partial charge in [-0.05, 0) is 24.7 Å². The molecule has 1 aromatic carbocycles. The van der Waals surface area contributed by atoms with Crippen LogP contribution in [-0.2, 0) is 14.3 Å². The molecule has 7 heteroatoms. The Kier molecular flexibility index (Phi) is 6.41. The highest BCUT2D eigenvalue weighted by atomic mass is 35.5. The van der Waals surface area contributed by atoms with Crippen molar-refractivity contribution in [1.82, 2.24) is 4.90 Å². The molecule has 1 rings (SSSR count). The summed E-state index contributed by atoms with van der Waals surface area (Å²) in [6, 6.07) is 3.97. The Morgan fingerprint density at radius 3 is 2.65 bits per heavy atom. The number of carbonyl (C=O) groups excluding carboxylic acids is 2. The number of ether oxygens (including phenoxy) is 1. The zero-order valence-corrected chi connectivity index (χ0v) is 12.0. The standard InChI is InChI=1S/C13H16ClFN2O3/c1-3-17(8-13(19)20-2)7-12(18)16-11-5-4-9(14)6-10(11)15/h4-6H,3,7-8H2,1-2H3,(H,16,18). The lowest BCUT2D eigenvalue weighted by Gasteiger charge is -2.18. The molecule has 0 saturated carbocycles. The predicted molar refractivity (Wildman–Crippen MR) is 74.2 cm³/mol. The van der Waals surface area contributed by atoms with Crippen molar-refractivity contribution in [3.05, 3.63) is 29.0 Å². The third-order valence-electron chi connectivity index (χ3n) is 2.60. The summed E-state index contributed by atoms with van der Waals surface area (Å²) in [7, 11) is 1.28. The number of rotatable bonds is 6. The number of likely N-dealkylation sites (N-methyl/N-ethyl adjacent to an activating group) is 1. The largest absolute Gasteiger partial charge is 0.468 e. The molecule has 0 aliphatic carbocycles. The minimum absolute atomic E-state index is 0.00349. The van der Waals surface area contributed by atoms with Crippen LogP contribution in [-0.4, -0.2) is 43.5 Å². The fourth-order valence-corrected chi connectivity index (χ4v) is 1.67. The molecule has 20 heavy (non-hydrogen) atoms. The Labute approximate surface area is 121 Å². The third kappa shape index (κ3) is 5.14. The lowest BCUT2D eigenvalue weighted by Crippen LogP contribution is -2.37. The molecule has 0 radical (unpaired) electrons. The van der Waals surface area contributed by atoms with Crippen molar-refractivity contribution in [2.45, 2.75) is 6.92 Å². The van der Waals surface area contributed by atoms with E-state index in [1.54, 1.807) is 11.8 Å². The summed E-state index contributed by atoms with van der Waals surface area (Å²) in [5.41, 5.74) is 0.0496. The summed E-state index contributed by atoms with van der Waals surface area (Å²) in [5, 5.41) is 2.68. The molecule has 0 atom stereocenters. The smallest absolute Gasteiger partial charge is 0.319 e. The fourth-order valence-electron chi connectivity index (χ4n) is 1.51. The minimum atomic E-state index is -0.609. The first-order valence-electron chi connectivity index (χ1n) is 6.00. The average molecular weight is 303 g/mol. The highest BCUT2D eigenvalue weighted by Gasteiger charge is 2.14. The van der Waals surface area contributed by atoms with Gasteiger partial charge in [-0.15, -0.1) is 0 Å². The molecule has 1 N–H and O–H groups in total. The Morgan fingerprint density at radius 2 is 2.10 bits per heavy atom. The first-order valence-corrected chi connectivity index (χ1v) is 6.38. The number of benzene rings is 1.